The molecule has 1 fully saturated rings. The SMILES string of the molecule is COc1ccccc1[C@H]1CC(=O)C2=C(C1)NC(C)=C(C(=O)O[C@@H]1CN(C)CC1(F)F)C2.Cc1cccc2[nH]ccc12. The molecule has 2 aliphatic heterocycles. The van der Waals surface area contributed by atoms with Crippen LogP contribution in [0.5, 0.6) is 5.75 Å². The summed E-state index contributed by atoms with van der Waals surface area (Å²) in [5.74, 6) is -3.25. The van der Waals surface area contributed by atoms with E-state index in [9.17, 15) is 18.4 Å². The molecule has 1 aliphatic carbocycles. The van der Waals surface area contributed by atoms with E-state index in [0.717, 1.165) is 17.0 Å². The Hall–Kier alpha value is -3.98. The van der Waals surface area contributed by atoms with Crippen molar-refractivity contribution in [3.63, 3.8) is 0 Å². The largest absolute Gasteiger partial charge is 0.496 e. The predicted molar refractivity (Wildman–Crippen MR) is 153 cm³/mol. The number of methoxy groups -OCH3 is 1. The van der Waals surface area contributed by atoms with E-state index in [4.69, 9.17) is 9.47 Å². The first kappa shape index (κ1) is 28.5. The quantitative estimate of drug-likeness (QED) is 0.401. The number of benzene rings is 2. The average Bonchev–Trinajstić information content (AvgIpc) is 3.52. The van der Waals surface area contributed by atoms with Crippen LogP contribution in [0.2, 0.25) is 0 Å². The number of hydrogen-bond acceptors (Lipinski definition) is 6. The number of Topliss-reactive ketones (excluding diaryl/α,β-unsaturated/α-hetero) is 1. The number of esters is 1. The number of carbonyl (C=O) groups is 2. The van der Waals surface area contributed by atoms with Crippen molar-refractivity contribution in [1.29, 1.82) is 0 Å². The highest BCUT2D eigenvalue weighted by atomic mass is 19.3. The van der Waals surface area contributed by atoms with E-state index in [1.807, 2.05) is 30.5 Å². The number of nitrogens with zero attached hydrogens (tertiary/aromatic N) is 1. The highest BCUT2D eigenvalue weighted by Gasteiger charge is 2.50. The van der Waals surface area contributed by atoms with E-state index in [1.54, 1.807) is 21.1 Å². The number of aryl methyl sites for hydroxylation is 1. The van der Waals surface area contributed by atoms with Crippen LogP contribution in [0.25, 0.3) is 10.9 Å². The van der Waals surface area contributed by atoms with Crippen molar-refractivity contribution in [2.75, 3.05) is 27.2 Å². The van der Waals surface area contributed by atoms with Gasteiger partial charge in [0.25, 0.3) is 5.92 Å². The van der Waals surface area contributed by atoms with Crippen LogP contribution >= 0.6 is 0 Å². The number of rotatable bonds is 4. The Kier molecular flexibility index (Phi) is 8.00. The highest BCUT2D eigenvalue weighted by molar-refractivity contribution is 6.01. The van der Waals surface area contributed by atoms with Crippen LogP contribution in [0.4, 0.5) is 8.78 Å². The minimum atomic E-state index is -3.09. The summed E-state index contributed by atoms with van der Waals surface area (Å²) in [6, 6.07) is 16.0. The number of likely N-dealkylation sites (N-methyl/N-ethyl adjacent to an activating group) is 1. The fourth-order valence-corrected chi connectivity index (χ4v) is 5.86. The average molecular weight is 564 g/mol. The summed E-state index contributed by atoms with van der Waals surface area (Å²) in [4.78, 5) is 30.2. The van der Waals surface area contributed by atoms with Gasteiger partial charge in [0.15, 0.2) is 11.9 Å². The van der Waals surface area contributed by atoms with Crippen molar-refractivity contribution in [3.05, 3.63) is 88.4 Å². The van der Waals surface area contributed by atoms with Gasteiger partial charge in [0.2, 0.25) is 0 Å². The molecule has 6 rings (SSSR count). The molecule has 1 saturated heterocycles. The fraction of sp³-hybridized carbons (Fsp3) is 0.375. The van der Waals surface area contributed by atoms with Gasteiger partial charge < -0.3 is 19.8 Å². The molecule has 41 heavy (non-hydrogen) atoms. The van der Waals surface area contributed by atoms with Crippen molar-refractivity contribution in [2.24, 2.45) is 0 Å². The summed E-state index contributed by atoms with van der Waals surface area (Å²) in [5.41, 5.74) is 5.58. The zero-order valence-electron chi connectivity index (χ0n) is 23.7. The lowest BCUT2D eigenvalue weighted by molar-refractivity contribution is -0.159. The zero-order valence-corrected chi connectivity index (χ0v) is 23.7. The van der Waals surface area contributed by atoms with Crippen LogP contribution in [0.1, 0.15) is 43.2 Å². The molecule has 2 atom stereocenters. The molecule has 7 nitrogen and oxygen atoms in total. The Morgan fingerprint density at radius 1 is 1.07 bits per heavy atom. The monoisotopic (exact) mass is 563 g/mol. The molecule has 0 unspecified atom stereocenters. The Morgan fingerprint density at radius 2 is 1.85 bits per heavy atom. The number of alkyl halides is 2. The number of para-hydroxylation sites is 1. The number of ketones is 1. The number of aromatic amines is 1. The van der Waals surface area contributed by atoms with Gasteiger partial charge in [-0.3, -0.25) is 9.69 Å². The number of likely N-dealkylation sites (tertiary alicyclic amines) is 1. The normalized spacial score (nSPS) is 22.1. The minimum absolute atomic E-state index is 0.0219. The number of hydrogen-bond donors (Lipinski definition) is 2. The van der Waals surface area contributed by atoms with Crippen LogP contribution in [0, 0.1) is 6.92 Å². The second-order valence-electron chi connectivity index (χ2n) is 11.0. The first-order chi connectivity index (χ1) is 19.6. The van der Waals surface area contributed by atoms with Gasteiger partial charge in [0.1, 0.15) is 5.75 Å². The van der Waals surface area contributed by atoms with Gasteiger partial charge in [-0.25, -0.2) is 13.6 Å². The van der Waals surface area contributed by atoms with E-state index in [1.165, 1.54) is 21.4 Å². The van der Waals surface area contributed by atoms with Crippen molar-refractivity contribution in [1.82, 2.24) is 15.2 Å². The van der Waals surface area contributed by atoms with Gasteiger partial charge in [-0.05, 0) is 56.6 Å². The van der Waals surface area contributed by atoms with Crippen molar-refractivity contribution >= 4 is 22.7 Å². The van der Waals surface area contributed by atoms with Crippen LogP contribution in [-0.2, 0) is 14.3 Å². The topological polar surface area (TPSA) is 83.7 Å². The summed E-state index contributed by atoms with van der Waals surface area (Å²) in [6.07, 6.45) is 1.48. The van der Waals surface area contributed by atoms with E-state index in [2.05, 4.69) is 41.5 Å². The molecular formula is C32H35F2N3O4. The Bertz CT molecular complexity index is 1540. The third kappa shape index (κ3) is 5.91. The highest BCUT2D eigenvalue weighted by Crippen LogP contribution is 2.41. The smallest absolute Gasteiger partial charge is 0.336 e. The molecule has 0 amide bonds. The predicted octanol–water partition coefficient (Wildman–Crippen LogP) is 5.63. The number of ether oxygens (including phenoxy) is 2. The number of allylic oxidation sites excluding steroid dienone is 3. The van der Waals surface area contributed by atoms with E-state index >= 15 is 0 Å². The molecule has 3 aliphatic rings. The molecule has 3 aromatic rings. The number of fused-ring (bicyclic) bond motifs is 1. The van der Waals surface area contributed by atoms with Gasteiger partial charge in [-0.15, -0.1) is 0 Å². The zero-order chi connectivity index (χ0) is 29.3. The fourth-order valence-electron chi connectivity index (χ4n) is 5.86. The number of aromatic nitrogens is 1. The van der Waals surface area contributed by atoms with Crippen LogP contribution < -0.4 is 10.1 Å². The maximum absolute atomic E-state index is 14.1. The molecule has 0 radical (unpaired) electrons. The molecule has 1 aromatic heterocycles. The third-order valence-corrected chi connectivity index (χ3v) is 8.04. The Morgan fingerprint density at radius 3 is 2.56 bits per heavy atom. The molecule has 0 saturated carbocycles. The van der Waals surface area contributed by atoms with E-state index in [-0.39, 0.29) is 30.2 Å². The molecule has 216 valence electrons. The summed E-state index contributed by atoms with van der Waals surface area (Å²) >= 11 is 0. The molecule has 0 bridgehead atoms. The molecular weight excluding hydrogens is 528 g/mol. The van der Waals surface area contributed by atoms with Crippen molar-refractivity contribution < 1.29 is 27.8 Å². The van der Waals surface area contributed by atoms with Crippen molar-refractivity contribution in [2.45, 2.75) is 51.1 Å². The molecule has 3 heterocycles. The first-order valence-corrected chi connectivity index (χ1v) is 13.7. The number of H-pyrrole nitrogens is 1. The van der Waals surface area contributed by atoms with Gasteiger partial charge in [0.05, 0.1) is 19.2 Å². The van der Waals surface area contributed by atoms with Crippen LogP contribution in [-0.4, -0.2) is 60.9 Å². The lowest BCUT2D eigenvalue weighted by atomic mass is 9.78. The second-order valence-corrected chi connectivity index (χ2v) is 11.0. The lowest BCUT2D eigenvalue weighted by Gasteiger charge is -2.32. The van der Waals surface area contributed by atoms with Crippen LogP contribution in [0.15, 0.2) is 77.3 Å². The summed E-state index contributed by atoms with van der Waals surface area (Å²) in [6.45, 7) is 3.36. The van der Waals surface area contributed by atoms with Crippen LogP contribution in [0.3, 0.4) is 0 Å². The van der Waals surface area contributed by atoms with Crippen molar-refractivity contribution in [3.8, 4) is 5.75 Å². The maximum Gasteiger partial charge on any atom is 0.336 e. The molecule has 9 heteroatoms. The van der Waals surface area contributed by atoms with Gasteiger partial charge in [-0.2, -0.15) is 0 Å². The first-order valence-electron chi connectivity index (χ1n) is 13.7. The molecule has 2 N–H and O–H groups in total. The summed E-state index contributed by atoms with van der Waals surface area (Å²) in [5, 5.41) is 4.49. The van der Waals surface area contributed by atoms with E-state index in [0.29, 0.717) is 24.1 Å². The molecule has 0 spiro atoms. The standard InChI is InChI=1S/C23H26F2N2O4.C9H9N/c1-13-16(22(29)31-21-11-27(2)12-23(21,24)25)10-17-18(26-13)8-14(9-19(17)28)15-6-4-5-7-20(15)30-3;1-7-3-2-4-9-8(7)5-6-10-9/h4-7,14,21,26H,8-12H2,1-3H3;2-6,10H,1H3/t14-,21-;/m1./s1. The summed E-state index contributed by atoms with van der Waals surface area (Å²) in [7, 11) is 3.16. The number of carbonyl (C=O) groups excluding carboxylic acids is 2. The minimum Gasteiger partial charge on any atom is -0.496 e. The maximum atomic E-state index is 14.1. The van der Waals surface area contributed by atoms with E-state index < -0.39 is 24.5 Å². The van der Waals surface area contributed by atoms with Gasteiger partial charge >= 0.3 is 5.97 Å². The lowest BCUT2D eigenvalue weighted by Crippen LogP contribution is -2.38. The summed E-state index contributed by atoms with van der Waals surface area (Å²) < 4.78 is 38.7. The third-order valence-electron chi connectivity index (χ3n) is 8.04. The number of halogens is 2. The van der Waals surface area contributed by atoms with Gasteiger partial charge in [-0.1, -0.05) is 30.3 Å². The second kappa shape index (κ2) is 11.5. The number of nitrogens with one attached hydrogen (secondary N) is 2. The number of dihydropyridines is 1. The Labute approximate surface area is 238 Å². The van der Waals surface area contributed by atoms with Gasteiger partial charge in [0, 0.05) is 59.4 Å². The Balaban J connectivity index is 0.000000282. The molecule has 2 aromatic carbocycles.